The molecule has 0 amide bonds. The van der Waals surface area contributed by atoms with Gasteiger partial charge in [-0.2, -0.15) is 0 Å². The van der Waals surface area contributed by atoms with Crippen LogP contribution >= 0.6 is 0 Å². The number of hydrogen-bond acceptors (Lipinski definition) is 7. The van der Waals surface area contributed by atoms with E-state index in [0.717, 1.165) is 57.4 Å². The highest BCUT2D eigenvalue weighted by molar-refractivity contribution is 5.96. The SMILES string of the molecule is CCOc1c(C)ccc2c(=O)c3ccc(N(C)CC4CCOCC4)nc3n(CC=O)c12.CO. The Bertz CT molecular complexity index is 1170. The number of carbonyl (C=O) groups is 1. The molecular formula is C25H33N3O5. The Labute approximate surface area is 193 Å². The molecule has 1 fully saturated rings. The van der Waals surface area contributed by atoms with Gasteiger partial charge in [0.2, 0.25) is 0 Å². The molecule has 8 heteroatoms. The van der Waals surface area contributed by atoms with Crippen LogP contribution in [0.15, 0.2) is 29.1 Å². The number of aliphatic hydroxyl groups is 1. The fourth-order valence-electron chi connectivity index (χ4n) is 4.40. The lowest BCUT2D eigenvalue weighted by atomic mass is 10.00. The molecule has 0 saturated carbocycles. The highest BCUT2D eigenvalue weighted by atomic mass is 16.5. The number of aromatic nitrogens is 2. The number of anilines is 1. The molecule has 0 radical (unpaired) electrons. The lowest BCUT2D eigenvalue weighted by molar-refractivity contribution is -0.108. The van der Waals surface area contributed by atoms with Gasteiger partial charge in [-0.25, -0.2) is 4.98 Å². The smallest absolute Gasteiger partial charge is 0.199 e. The monoisotopic (exact) mass is 455 g/mol. The summed E-state index contributed by atoms with van der Waals surface area (Å²) in [6, 6.07) is 7.40. The first-order valence-electron chi connectivity index (χ1n) is 11.3. The largest absolute Gasteiger partial charge is 0.491 e. The normalized spacial score (nSPS) is 14.1. The zero-order chi connectivity index (χ0) is 24.0. The van der Waals surface area contributed by atoms with Crippen LogP contribution in [0.3, 0.4) is 0 Å². The highest BCUT2D eigenvalue weighted by Crippen LogP contribution is 2.31. The quantitative estimate of drug-likeness (QED) is 0.432. The van der Waals surface area contributed by atoms with Crippen molar-refractivity contribution >= 4 is 34.0 Å². The topological polar surface area (TPSA) is 93.9 Å². The van der Waals surface area contributed by atoms with Crippen LogP contribution < -0.4 is 15.1 Å². The fourth-order valence-corrected chi connectivity index (χ4v) is 4.40. The zero-order valence-corrected chi connectivity index (χ0v) is 19.8. The van der Waals surface area contributed by atoms with E-state index in [1.54, 1.807) is 6.07 Å². The van der Waals surface area contributed by atoms with Crippen LogP contribution in [-0.4, -0.2) is 61.5 Å². The molecule has 1 N–H and O–H groups in total. The van der Waals surface area contributed by atoms with Crippen LogP contribution in [0.4, 0.5) is 5.82 Å². The zero-order valence-electron chi connectivity index (χ0n) is 19.8. The van der Waals surface area contributed by atoms with Gasteiger partial charge in [0.1, 0.15) is 23.5 Å². The predicted octanol–water partition coefficient (Wildman–Crippen LogP) is 2.93. The summed E-state index contributed by atoms with van der Waals surface area (Å²) in [4.78, 5) is 31.8. The van der Waals surface area contributed by atoms with Gasteiger partial charge in [0.25, 0.3) is 0 Å². The molecule has 1 aliphatic rings. The number of aldehydes is 1. The van der Waals surface area contributed by atoms with Gasteiger partial charge in [0, 0.05) is 33.9 Å². The average Bonchev–Trinajstić information content (AvgIpc) is 2.85. The first-order valence-corrected chi connectivity index (χ1v) is 11.3. The van der Waals surface area contributed by atoms with Gasteiger partial charge in [-0.1, -0.05) is 6.07 Å². The van der Waals surface area contributed by atoms with Crippen molar-refractivity contribution in [1.29, 1.82) is 0 Å². The minimum atomic E-state index is -0.0979. The maximum atomic E-state index is 13.3. The van der Waals surface area contributed by atoms with E-state index in [4.69, 9.17) is 19.6 Å². The number of aliphatic hydroxyl groups excluding tert-OH is 1. The van der Waals surface area contributed by atoms with Crippen molar-refractivity contribution in [2.24, 2.45) is 5.92 Å². The second-order valence-electron chi connectivity index (χ2n) is 8.12. The number of carbonyl (C=O) groups excluding carboxylic acids is 1. The van der Waals surface area contributed by atoms with Gasteiger partial charge < -0.3 is 28.8 Å². The van der Waals surface area contributed by atoms with E-state index in [2.05, 4.69) is 4.90 Å². The van der Waals surface area contributed by atoms with Crippen LogP contribution in [-0.2, 0) is 16.1 Å². The molecule has 1 aromatic carbocycles. The number of nitrogens with zero attached hydrogens (tertiary/aromatic N) is 3. The van der Waals surface area contributed by atoms with E-state index in [1.807, 2.05) is 43.7 Å². The number of aryl methyl sites for hydroxylation is 1. The Hall–Kier alpha value is -2.97. The second kappa shape index (κ2) is 11.2. The Kier molecular flexibility index (Phi) is 8.41. The summed E-state index contributed by atoms with van der Waals surface area (Å²) in [5, 5.41) is 8.04. The molecule has 0 atom stereocenters. The minimum absolute atomic E-state index is 0.0942. The molecule has 0 spiro atoms. The van der Waals surface area contributed by atoms with Crippen molar-refractivity contribution in [1.82, 2.24) is 9.55 Å². The number of hydrogen-bond donors (Lipinski definition) is 1. The maximum absolute atomic E-state index is 13.3. The Morgan fingerprint density at radius 2 is 1.91 bits per heavy atom. The molecule has 8 nitrogen and oxygen atoms in total. The molecule has 3 heterocycles. The third-order valence-electron chi connectivity index (χ3n) is 6.01. The van der Waals surface area contributed by atoms with Gasteiger partial charge in [-0.15, -0.1) is 0 Å². The van der Waals surface area contributed by atoms with Gasteiger partial charge in [0.05, 0.1) is 29.4 Å². The second-order valence-corrected chi connectivity index (χ2v) is 8.12. The summed E-state index contributed by atoms with van der Waals surface area (Å²) in [6.07, 6.45) is 2.91. The van der Waals surface area contributed by atoms with Gasteiger partial charge in [0.15, 0.2) is 5.43 Å². The molecule has 1 aliphatic heterocycles. The highest BCUT2D eigenvalue weighted by Gasteiger charge is 2.20. The third-order valence-corrected chi connectivity index (χ3v) is 6.01. The number of benzene rings is 1. The van der Waals surface area contributed by atoms with Crippen molar-refractivity contribution in [3.8, 4) is 5.75 Å². The molecule has 3 aromatic rings. The van der Waals surface area contributed by atoms with Crippen molar-refractivity contribution < 1.29 is 19.4 Å². The van der Waals surface area contributed by atoms with Gasteiger partial charge >= 0.3 is 0 Å². The Morgan fingerprint density at radius 3 is 2.58 bits per heavy atom. The molecule has 0 bridgehead atoms. The van der Waals surface area contributed by atoms with Crippen molar-refractivity contribution in [2.75, 3.05) is 45.4 Å². The predicted molar refractivity (Wildman–Crippen MR) is 130 cm³/mol. The molecule has 2 aromatic heterocycles. The van der Waals surface area contributed by atoms with Crippen molar-refractivity contribution in [3.05, 3.63) is 40.1 Å². The number of fused-ring (bicyclic) bond motifs is 2. The standard InChI is InChI=1S/C24H29N3O4.CH4O/c1-4-31-23-16(2)5-6-18-21(23)27(11-12-28)24-19(22(18)29)7-8-20(25-24)26(3)15-17-9-13-30-14-10-17;1-2/h5-8,12,17H,4,9-11,13-15H2,1-3H3;2H,1H3. The minimum Gasteiger partial charge on any atom is -0.491 e. The average molecular weight is 456 g/mol. The van der Waals surface area contributed by atoms with Crippen LogP contribution in [0.2, 0.25) is 0 Å². The lowest BCUT2D eigenvalue weighted by Gasteiger charge is -2.28. The van der Waals surface area contributed by atoms with Gasteiger partial charge in [-0.05, 0) is 56.4 Å². The summed E-state index contributed by atoms with van der Waals surface area (Å²) < 4.78 is 13.2. The van der Waals surface area contributed by atoms with Crippen LogP contribution in [0.25, 0.3) is 21.9 Å². The number of ether oxygens (including phenoxy) is 2. The van der Waals surface area contributed by atoms with E-state index >= 15 is 0 Å². The molecule has 0 unspecified atom stereocenters. The summed E-state index contributed by atoms with van der Waals surface area (Å²) in [6.45, 7) is 6.88. The van der Waals surface area contributed by atoms with Gasteiger partial charge in [-0.3, -0.25) is 4.79 Å². The van der Waals surface area contributed by atoms with E-state index in [1.165, 1.54) is 0 Å². The van der Waals surface area contributed by atoms with Crippen molar-refractivity contribution in [2.45, 2.75) is 33.2 Å². The van der Waals surface area contributed by atoms with Crippen LogP contribution in [0.1, 0.15) is 25.3 Å². The molecule has 1 saturated heterocycles. The third kappa shape index (κ3) is 5.02. The lowest BCUT2D eigenvalue weighted by Crippen LogP contribution is -2.30. The molecule has 4 rings (SSSR count). The van der Waals surface area contributed by atoms with Crippen LogP contribution in [0.5, 0.6) is 5.75 Å². The molecule has 33 heavy (non-hydrogen) atoms. The first-order chi connectivity index (χ1) is 16.0. The van der Waals surface area contributed by atoms with E-state index < -0.39 is 0 Å². The van der Waals surface area contributed by atoms with E-state index in [9.17, 15) is 9.59 Å². The molecule has 0 aliphatic carbocycles. The maximum Gasteiger partial charge on any atom is 0.199 e. The van der Waals surface area contributed by atoms with E-state index in [-0.39, 0.29) is 12.0 Å². The Morgan fingerprint density at radius 1 is 1.21 bits per heavy atom. The molecular weight excluding hydrogens is 422 g/mol. The summed E-state index contributed by atoms with van der Waals surface area (Å²) >= 11 is 0. The summed E-state index contributed by atoms with van der Waals surface area (Å²) in [5.74, 6) is 1.96. The van der Waals surface area contributed by atoms with Crippen LogP contribution in [0, 0.1) is 12.8 Å². The van der Waals surface area contributed by atoms with E-state index in [0.29, 0.717) is 40.2 Å². The van der Waals surface area contributed by atoms with Crippen molar-refractivity contribution in [3.63, 3.8) is 0 Å². The number of rotatable bonds is 7. The summed E-state index contributed by atoms with van der Waals surface area (Å²) in [5.41, 5.74) is 1.95. The Balaban J connectivity index is 0.00000149. The molecule has 178 valence electrons. The number of pyridine rings is 2. The fraction of sp³-hybridized carbons (Fsp3) is 0.480. The first kappa shape index (κ1) is 24.7. The summed E-state index contributed by atoms with van der Waals surface area (Å²) in [7, 11) is 3.02.